The second-order valence-electron chi connectivity index (χ2n) is 5.22. The van der Waals surface area contributed by atoms with E-state index >= 15 is 0 Å². The monoisotopic (exact) mass is 338 g/mol. The minimum Gasteiger partial charge on any atom is -0.494 e. The average molecular weight is 338 g/mol. The number of carbonyl (C=O) groups is 2. The maximum absolute atomic E-state index is 11.6. The maximum atomic E-state index is 11.6. The third-order valence-electron chi connectivity index (χ3n) is 3.71. The van der Waals surface area contributed by atoms with Gasteiger partial charge in [0.15, 0.2) is 0 Å². The van der Waals surface area contributed by atoms with Crippen LogP contribution in [0.2, 0.25) is 0 Å². The van der Waals surface area contributed by atoms with Crippen LogP contribution in [0.4, 0.5) is 11.4 Å². The SMILES string of the molecule is COc1cccc2c(Nc3ccc(C(=O)O)cc3)c(C(=O)O)cnc12. The first-order valence-electron chi connectivity index (χ1n) is 7.30. The van der Waals surface area contributed by atoms with Crippen LogP contribution >= 0.6 is 0 Å². The van der Waals surface area contributed by atoms with Gasteiger partial charge < -0.3 is 20.3 Å². The van der Waals surface area contributed by atoms with Gasteiger partial charge in [-0.3, -0.25) is 4.98 Å². The molecule has 0 aliphatic rings. The van der Waals surface area contributed by atoms with Gasteiger partial charge in [0.1, 0.15) is 16.8 Å². The zero-order valence-corrected chi connectivity index (χ0v) is 13.2. The Balaban J connectivity index is 2.14. The van der Waals surface area contributed by atoms with E-state index < -0.39 is 11.9 Å². The summed E-state index contributed by atoms with van der Waals surface area (Å²) < 4.78 is 5.27. The highest BCUT2D eigenvalue weighted by molar-refractivity contribution is 6.06. The molecule has 2 aromatic carbocycles. The van der Waals surface area contributed by atoms with Crippen LogP contribution in [0.1, 0.15) is 20.7 Å². The van der Waals surface area contributed by atoms with Crippen molar-refractivity contribution in [1.82, 2.24) is 4.98 Å². The summed E-state index contributed by atoms with van der Waals surface area (Å²) in [5.74, 6) is -1.63. The zero-order chi connectivity index (χ0) is 18.0. The van der Waals surface area contributed by atoms with Crippen molar-refractivity contribution in [3.63, 3.8) is 0 Å². The number of anilines is 2. The van der Waals surface area contributed by atoms with Gasteiger partial charge in [-0.15, -0.1) is 0 Å². The van der Waals surface area contributed by atoms with Crippen LogP contribution in [-0.4, -0.2) is 34.2 Å². The third kappa shape index (κ3) is 3.07. The second kappa shape index (κ2) is 6.48. The van der Waals surface area contributed by atoms with Crippen molar-refractivity contribution in [1.29, 1.82) is 0 Å². The molecule has 3 N–H and O–H groups in total. The van der Waals surface area contributed by atoms with Crippen LogP contribution in [0.5, 0.6) is 5.75 Å². The first-order valence-corrected chi connectivity index (χ1v) is 7.30. The van der Waals surface area contributed by atoms with Gasteiger partial charge in [-0.25, -0.2) is 9.59 Å². The minimum atomic E-state index is -1.12. The third-order valence-corrected chi connectivity index (χ3v) is 3.71. The van der Waals surface area contributed by atoms with E-state index in [1.807, 2.05) is 0 Å². The van der Waals surface area contributed by atoms with Crippen molar-refractivity contribution >= 4 is 34.2 Å². The van der Waals surface area contributed by atoms with Crippen LogP contribution in [-0.2, 0) is 0 Å². The van der Waals surface area contributed by atoms with Crippen molar-refractivity contribution in [2.24, 2.45) is 0 Å². The number of methoxy groups -OCH3 is 1. The molecule has 0 spiro atoms. The number of carboxylic acids is 2. The van der Waals surface area contributed by atoms with Gasteiger partial charge in [0.2, 0.25) is 0 Å². The van der Waals surface area contributed by atoms with Gasteiger partial charge in [0.05, 0.1) is 18.4 Å². The van der Waals surface area contributed by atoms with Gasteiger partial charge in [0, 0.05) is 17.3 Å². The number of aromatic nitrogens is 1. The number of fused-ring (bicyclic) bond motifs is 1. The number of hydrogen-bond acceptors (Lipinski definition) is 5. The Bertz CT molecular complexity index is 967. The lowest BCUT2D eigenvalue weighted by Crippen LogP contribution is -2.05. The molecule has 0 aliphatic carbocycles. The van der Waals surface area contributed by atoms with Gasteiger partial charge in [-0.1, -0.05) is 12.1 Å². The molecule has 0 fully saturated rings. The lowest BCUT2D eigenvalue weighted by molar-refractivity contribution is 0.0686. The van der Waals surface area contributed by atoms with Gasteiger partial charge >= 0.3 is 11.9 Å². The molecular weight excluding hydrogens is 324 g/mol. The maximum Gasteiger partial charge on any atom is 0.339 e. The fourth-order valence-electron chi connectivity index (χ4n) is 2.50. The summed E-state index contributed by atoms with van der Waals surface area (Å²) in [7, 11) is 1.51. The molecule has 0 unspecified atom stereocenters. The van der Waals surface area contributed by atoms with Crippen molar-refractivity contribution in [3.05, 3.63) is 59.8 Å². The topological polar surface area (TPSA) is 109 Å². The fraction of sp³-hybridized carbons (Fsp3) is 0.0556. The van der Waals surface area contributed by atoms with Crippen molar-refractivity contribution in [2.45, 2.75) is 0 Å². The quantitative estimate of drug-likeness (QED) is 0.654. The molecule has 7 nitrogen and oxygen atoms in total. The van der Waals surface area contributed by atoms with E-state index in [4.69, 9.17) is 9.84 Å². The Morgan fingerprint density at radius 2 is 1.76 bits per heavy atom. The Labute approximate surface area is 142 Å². The number of nitrogens with zero attached hydrogens (tertiary/aromatic N) is 1. The van der Waals surface area contributed by atoms with Gasteiger partial charge in [0.25, 0.3) is 0 Å². The highest BCUT2D eigenvalue weighted by Crippen LogP contribution is 2.33. The number of aromatic carboxylic acids is 2. The predicted octanol–water partition coefficient (Wildman–Crippen LogP) is 3.38. The first kappa shape index (κ1) is 16.3. The Morgan fingerprint density at radius 3 is 2.36 bits per heavy atom. The van der Waals surface area contributed by atoms with Gasteiger partial charge in [-0.2, -0.15) is 0 Å². The lowest BCUT2D eigenvalue weighted by Gasteiger charge is -2.14. The van der Waals surface area contributed by atoms with E-state index in [1.165, 1.54) is 25.4 Å². The minimum absolute atomic E-state index is 0.00284. The molecule has 1 heterocycles. The molecule has 0 bridgehead atoms. The highest BCUT2D eigenvalue weighted by Gasteiger charge is 2.17. The summed E-state index contributed by atoms with van der Waals surface area (Å²) in [6.07, 6.45) is 1.27. The van der Waals surface area contributed by atoms with E-state index in [1.54, 1.807) is 30.3 Å². The Kier molecular flexibility index (Phi) is 4.21. The number of nitrogens with one attached hydrogen (secondary N) is 1. The second-order valence-corrected chi connectivity index (χ2v) is 5.22. The summed E-state index contributed by atoms with van der Waals surface area (Å²) >= 11 is 0. The van der Waals surface area contributed by atoms with Crippen LogP contribution in [0.3, 0.4) is 0 Å². The molecular formula is C18H14N2O5. The molecule has 0 radical (unpaired) electrons. The van der Waals surface area contributed by atoms with Gasteiger partial charge in [-0.05, 0) is 30.3 Å². The number of benzene rings is 2. The molecule has 3 rings (SSSR count). The molecule has 126 valence electrons. The predicted molar refractivity (Wildman–Crippen MR) is 91.9 cm³/mol. The van der Waals surface area contributed by atoms with Crippen LogP contribution in [0.15, 0.2) is 48.7 Å². The lowest BCUT2D eigenvalue weighted by atomic mass is 10.1. The summed E-state index contributed by atoms with van der Waals surface area (Å²) in [4.78, 5) is 26.7. The van der Waals surface area contributed by atoms with Crippen LogP contribution in [0.25, 0.3) is 10.9 Å². The Hall–Kier alpha value is -3.61. The van der Waals surface area contributed by atoms with Crippen molar-refractivity contribution in [2.75, 3.05) is 12.4 Å². The van der Waals surface area contributed by atoms with Crippen LogP contribution < -0.4 is 10.1 Å². The summed E-state index contributed by atoms with van der Waals surface area (Å²) in [6, 6.07) is 11.2. The van der Waals surface area contributed by atoms with E-state index in [0.717, 1.165) is 0 Å². The molecule has 1 aromatic heterocycles. The normalized spacial score (nSPS) is 10.4. The summed E-state index contributed by atoms with van der Waals surface area (Å²) in [5.41, 5.74) is 1.59. The molecule has 25 heavy (non-hydrogen) atoms. The summed E-state index contributed by atoms with van der Waals surface area (Å²) in [6.45, 7) is 0. The summed E-state index contributed by atoms with van der Waals surface area (Å²) in [5, 5.41) is 22.0. The average Bonchev–Trinajstić information content (AvgIpc) is 2.61. The number of para-hydroxylation sites is 1. The molecule has 0 saturated carbocycles. The molecule has 0 atom stereocenters. The number of rotatable bonds is 5. The van der Waals surface area contributed by atoms with E-state index in [9.17, 15) is 14.7 Å². The van der Waals surface area contributed by atoms with Crippen molar-refractivity contribution < 1.29 is 24.5 Å². The largest absolute Gasteiger partial charge is 0.494 e. The molecule has 0 saturated heterocycles. The highest BCUT2D eigenvalue weighted by atomic mass is 16.5. The van der Waals surface area contributed by atoms with E-state index in [2.05, 4.69) is 10.3 Å². The number of hydrogen-bond donors (Lipinski definition) is 3. The van der Waals surface area contributed by atoms with E-state index in [0.29, 0.717) is 28.0 Å². The number of pyridine rings is 1. The number of carboxylic acid groups (broad SMARTS) is 2. The molecule has 7 heteroatoms. The Morgan fingerprint density at radius 1 is 1.04 bits per heavy atom. The zero-order valence-electron chi connectivity index (χ0n) is 13.2. The van der Waals surface area contributed by atoms with E-state index in [-0.39, 0.29) is 11.1 Å². The molecule has 0 amide bonds. The van der Waals surface area contributed by atoms with Crippen molar-refractivity contribution in [3.8, 4) is 5.75 Å². The van der Waals surface area contributed by atoms with Crippen LogP contribution in [0, 0.1) is 0 Å². The molecule has 0 aliphatic heterocycles. The number of ether oxygens (including phenoxy) is 1. The smallest absolute Gasteiger partial charge is 0.339 e. The first-order chi connectivity index (χ1) is 12.0. The standard InChI is InChI=1S/C18H14N2O5/c1-25-14-4-2-3-12-15(13(18(23)24)9-19-16(12)14)20-11-7-5-10(6-8-11)17(21)22/h2-9H,1H3,(H,19,20)(H,21,22)(H,23,24). The molecule has 3 aromatic rings. The fourth-order valence-corrected chi connectivity index (χ4v) is 2.50.